The maximum atomic E-state index is 12.2. The number of rotatable bonds is 8. The van der Waals surface area contributed by atoms with Crippen molar-refractivity contribution in [1.82, 2.24) is 20.2 Å². The summed E-state index contributed by atoms with van der Waals surface area (Å²) in [5.41, 5.74) is 3.62. The fourth-order valence-electron chi connectivity index (χ4n) is 3.14. The standard InChI is InChI=1S/C22H26N4O2/c1-3-23-21(27)15-26-19-8-5-4-7-18(19)25-20(26)9-6-14-24-22(28)17-12-10-16(2)11-13-17/h4-5,7-8,10-13H,3,6,9,14-15H2,1-2H3,(H,23,27)(H,24,28). The van der Waals surface area contributed by atoms with E-state index in [1.807, 2.05) is 66.9 Å². The molecule has 6 nitrogen and oxygen atoms in total. The number of fused-ring (bicyclic) bond motifs is 1. The van der Waals surface area contributed by atoms with Crippen molar-refractivity contribution in [3.05, 3.63) is 65.5 Å². The van der Waals surface area contributed by atoms with Crippen molar-refractivity contribution in [2.45, 2.75) is 33.2 Å². The van der Waals surface area contributed by atoms with Gasteiger partial charge in [0.1, 0.15) is 12.4 Å². The number of likely N-dealkylation sites (N-methyl/N-ethyl adjacent to an activating group) is 1. The molecule has 2 N–H and O–H groups in total. The van der Waals surface area contributed by atoms with Crippen molar-refractivity contribution in [1.29, 1.82) is 0 Å². The fraction of sp³-hybridized carbons (Fsp3) is 0.318. The molecule has 0 saturated carbocycles. The topological polar surface area (TPSA) is 76.0 Å². The van der Waals surface area contributed by atoms with Crippen LogP contribution in [0.2, 0.25) is 0 Å². The number of nitrogens with zero attached hydrogens (tertiary/aromatic N) is 2. The van der Waals surface area contributed by atoms with Crippen molar-refractivity contribution in [3.63, 3.8) is 0 Å². The van der Waals surface area contributed by atoms with Crippen LogP contribution in [0.3, 0.4) is 0 Å². The molecule has 0 aliphatic carbocycles. The smallest absolute Gasteiger partial charge is 0.251 e. The second-order valence-electron chi connectivity index (χ2n) is 6.78. The van der Waals surface area contributed by atoms with Gasteiger partial charge in [-0.1, -0.05) is 29.8 Å². The lowest BCUT2D eigenvalue weighted by atomic mass is 10.1. The highest BCUT2D eigenvalue weighted by Crippen LogP contribution is 2.17. The molecule has 2 aromatic carbocycles. The van der Waals surface area contributed by atoms with Gasteiger partial charge in [-0.15, -0.1) is 0 Å². The van der Waals surface area contributed by atoms with Gasteiger partial charge < -0.3 is 15.2 Å². The summed E-state index contributed by atoms with van der Waals surface area (Å²) < 4.78 is 1.96. The molecule has 2 amide bonds. The number of hydrogen-bond donors (Lipinski definition) is 2. The van der Waals surface area contributed by atoms with Crippen LogP contribution in [0.1, 0.15) is 35.1 Å². The fourth-order valence-corrected chi connectivity index (χ4v) is 3.14. The lowest BCUT2D eigenvalue weighted by Crippen LogP contribution is -2.28. The summed E-state index contributed by atoms with van der Waals surface area (Å²) in [6.45, 7) is 5.30. The van der Waals surface area contributed by atoms with Crippen molar-refractivity contribution in [3.8, 4) is 0 Å². The number of imidazole rings is 1. The van der Waals surface area contributed by atoms with Gasteiger partial charge in [-0.2, -0.15) is 0 Å². The highest BCUT2D eigenvalue weighted by Gasteiger charge is 2.13. The largest absolute Gasteiger partial charge is 0.355 e. The second kappa shape index (κ2) is 9.17. The molecule has 3 aromatic rings. The van der Waals surface area contributed by atoms with Crippen LogP contribution in [0, 0.1) is 6.92 Å². The van der Waals surface area contributed by atoms with Gasteiger partial charge in [-0.25, -0.2) is 4.98 Å². The molecule has 0 saturated heterocycles. The number of para-hydroxylation sites is 2. The van der Waals surface area contributed by atoms with Gasteiger partial charge in [0, 0.05) is 25.1 Å². The molecule has 1 aromatic heterocycles. The maximum absolute atomic E-state index is 12.2. The quantitative estimate of drug-likeness (QED) is 0.592. The van der Waals surface area contributed by atoms with E-state index in [9.17, 15) is 9.59 Å². The molecule has 28 heavy (non-hydrogen) atoms. The monoisotopic (exact) mass is 378 g/mol. The Kier molecular flexibility index (Phi) is 6.42. The number of amides is 2. The zero-order chi connectivity index (χ0) is 19.9. The number of nitrogens with one attached hydrogen (secondary N) is 2. The molecule has 0 atom stereocenters. The molecule has 0 spiro atoms. The average Bonchev–Trinajstić information content (AvgIpc) is 3.03. The van der Waals surface area contributed by atoms with Crippen molar-refractivity contribution in [2.24, 2.45) is 0 Å². The van der Waals surface area contributed by atoms with E-state index in [2.05, 4.69) is 15.6 Å². The van der Waals surface area contributed by atoms with Crippen LogP contribution in [-0.2, 0) is 17.8 Å². The molecule has 6 heteroatoms. The molecule has 0 aliphatic rings. The van der Waals surface area contributed by atoms with E-state index in [0.29, 0.717) is 25.1 Å². The van der Waals surface area contributed by atoms with Gasteiger partial charge >= 0.3 is 0 Å². The Balaban J connectivity index is 1.62. The van der Waals surface area contributed by atoms with Crippen LogP contribution in [0.5, 0.6) is 0 Å². The Morgan fingerprint density at radius 3 is 2.54 bits per heavy atom. The summed E-state index contributed by atoms with van der Waals surface area (Å²) in [5.74, 6) is 0.757. The van der Waals surface area contributed by atoms with Crippen molar-refractivity contribution in [2.75, 3.05) is 13.1 Å². The van der Waals surface area contributed by atoms with Gasteiger partial charge in [-0.05, 0) is 44.5 Å². The zero-order valence-electron chi connectivity index (χ0n) is 16.4. The van der Waals surface area contributed by atoms with Crippen LogP contribution >= 0.6 is 0 Å². The molecular weight excluding hydrogens is 352 g/mol. The maximum Gasteiger partial charge on any atom is 0.251 e. The minimum atomic E-state index is -0.0733. The molecule has 3 rings (SSSR count). The Morgan fingerprint density at radius 2 is 1.79 bits per heavy atom. The first-order valence-corrected chi connectivity index (χ1v) is 9.64. The highest BCUT2D eigenvalue weighted by molar-refractivity contribution is 5.94. The Hall–Kier alpha value is -3.15. The first-order valence-electron chi connectivity index (χ1n) is 9.64. The number of hydrogen-bond acceptors (Lipinski definition) is 3. The van der Waals surface area contributed by atoms with Gasteiger partial charge in [0.15, 0.2) is 0 Å². The normalized spacial score (nSPS) is 10.8. The average molecular weight is 378 g/mol. The van der Waals surface area contributed by atoms with E-state index < -0.39 is 0 Å². The SMILES string of the molecule is CCNC(=O)Cn1c(CCCNC(=O)c2ccc(C)cc2)nc2ccccc21. The Bertz CT molecular complexity index is 960. The zero-order valence-corrected chi connectivity index (χ0v) is 16.4. The van der Waals surface area contributed by atoms with E-state index in [4.69, 9.17) is 0 Å². The molecule has 0 aliphatic heterocycles. The number of carbonyl (C=O) groups excluding carboxylic acids is 2. The molecule has 0 radical (unpaired) electrons. The van der Waals surface area contributed by atoms with E-state index in [1.165, 1.54) is 0 Å². The van der Waals surface area contributed by atoms with E-state index in [0.717, 1.165) is 28.8 Å². The van der Waals surface area contributed by atoms with Crippen LogP contribution in [0.15, 0.2) is 48.5 Å². The third-order valence-electron chi connectivity index (χ3n) is 4.59. The summed E-state index contributed by atoms with van der Waals surface area (Å²) in [6, 6.07) is 15.3. The highest BCUT2D eigenvalue weighted by atomic mass is 16.2. The van der Waals surface area contributed by atoms with Gasteiger partial charge in [0.2, 0.25) is 5.91 Å². The summed E-state index contributed by atoms with van der Waals surface area (Å²) in [7, 11) is 0. The van der Waals surface area contributed by atoms with Crippen LogP contribution in [0.25, 0.3) is 11.0 Å². The van der Waals surface area contributed by atoms with Gasteiger partial charge in [0.25, 0.3) is 5.91 Å². The minimum absolute atomic E-state index is 0.0282. The third kappa shape index (κ3) is 4.76. The predicted molar refractivity (Wildman–Crippen MR) is 110 cm³/mol. The second-order valence-corrected chi connectivity index (χ2v) is 6.78. The van der Waals surface area contributed by atoms with Crippen molar-refractivity contribution >= 4 is 22.8 Å². The number of benzene rings is 2. The Labute approximate surface area is 165 Å². The third-order valence-corrected chi connectivity index (χ3v) is 4.59. The lowest BCUT2D eigenvalue weighted by Gasteiger charge is -2.10. The molecule has 146 valence electrons. The summed E-state index contributed by atoms with van der Waals surface area (Å²) in [4.78, 5) is 29.0. The predicted octanol–water partition coefficient (Wildman–Crippen LogP) is 2.84. The molecule has 1 heterocycles. The first kappa shape index (κ1) is 19.6. The van der Waals surface area contributed by atoms with E-state index >= 15 is 0 Å². The lowest BCUT2D eigenvalue weighted by molar-refractivity contribution is -0.121. The van der Waals surface area contributed by atoms with Crippen LogP contribution in [0.4, 0.5) is 0 Å². The molecule has 0 fully saturated rings. The number of aromatic nitrogens is 2. The van der Waals surface area contributed by atoms with E-state index in [-0.39, 0.29) is 18.4 Å². The van der Waals surface area contributed by atoms with Gasteiger partial charge in [0.05, 0.1) is 11.0 Å². The molecular formula is C22H26N4O2. The van der Waals surface area contributed by atoms with Crippen LogP contribution < -0.4 is 10.6 Å². The minimum Gasteiger partial charge on any atom is -0.355 e. The number of aryl methyl sites for hydroxylation is 2. The first-order chi connectivity index (χ1) is 13.6. The summed E-state index contributed by atoms with van der Waals surface area (Å²) in [6.07, 6.45) is 1.43. The van der Waals surface area contributed by atoms with Crippen molar-refractivity contribution < 1.29 is 9.59 Å². The summed E-state index contributed by atoms with van der Waals surface area (Å²) in [5, 5.41) is 5.78. The van der Waals surface area contributed by atoms with Crippen LogP contribution in [-0.4, -0.2) is 34.5 Å². The number of carbonyl (C=O) groups is 2. The summed E-state index contributed by atoms with van der Waals surface area (Å²) >= 11 is 0. The molecule has 0 unspecified atom stereocenters. The van der Waals surface area contributed by atoms with E-state index in [1.54, 1.807) is 0 Å². The Morgan fingerprint density at radius 1 is 1.04 bits per heavy atom. The van der Waals surface area contributed by atoms with Gasteiger partial charge in [-0.3, -0.25) is 9.59 Å². The molecule has 0 bridgehead atoms.